The highest BCUT2D eigenvalue weighted by Gasteiger charge is 2.28. The molecule has 1 heterocycles. The van der Waals surface area contributed by atoms with Crippen LogP contribution in [-0.4, -0.2) is 18.2 Å². The summed E-state index contributed by atoms with van der Waals surface area (Å²) < 4.78 is 32.1. The predicted octanol–water partition coefficient (Wildman–Crippen LogP) is 2.40. The third-order valence-corrected chi connectivity index (χ3v) is 3.23. The first-order chi connectivity index (χ1) is 8.08. The fraction of sp³-hybridized carbons (Fsp3) is 0.538. The number of hydrogen-bond donors (Lipinski definition) is 1. The molecule has 0 spiro atoms. The van der Waals surface area contributed by atoms with Crippen LogP contribution >= 0.6 is 0 Å². The molecule has 1 aromatic carbocycles. The second-order valence-corrected chi connectivity index (χ2v) is 4.64. The molecule has 1 saturated heterocycles. The Hall–Kier alpha value is -1.00. The molecule has 0 radical (unpaired) electrons. The van der Waals surface area contributed by atoms with Crippen molar-refractivity contribution in [2.75, 3.05) is 0 Å². The zero-order valence-electron chi connectivity index (χ0n) is 9.83. The van der Waals surface area contributed by atoms with Gasteiger partial charge in [-0.05, 0) is 37.8 Å². The molecule has 94 valence electrons. The smallest absolute Gasteiger partial charge is 0.162 e. The van der Waals surface area contributed by atoms with E-state index in [-0.39, 0.29) is 18.2 Å². The zero-order chi connectivity index (χ0) is 12.4. The summed E-state index contributed by atoms with van der Waals surface area (Å²) in [5.74, 6) is -1.62. The van der Waals surface area contributed by atoms with E-state index in [0.29, 0.717) is 12.0 Å². The van der Waals surface area contributed by atoms with Gasteiger partial charge in [0, 0.05) is 6.04 Å². The maximum absolute atomic E-state index is 13.5. The van der Waals surface area contributed by atoms with Gasteiger partial charge in [-0.25, -0.2) is 8.78 Å². The Bertz CT molecular complexity index is 397. The van der Waals surface area contributed by atoms with Crippen molar-refractivity contribution in [3.8, 4) is 0 Å². The van der Waals surface area contributed by atoms with Gasteiger partial charge in [-0.1, -0.05) is 12.1 Å². The average Bonchev–Trinajstić information content (AvgIpc) is 2.72. The quantitative estimate of drug-likeness (QED) is 0.882. The molecular formula is C13H17F2NO. The molecule has 2 N–H and O–H groups in total. The SMILES string of the molecule is CC1CCC(C(N)Cc2cccc(F)c2F)O1. The molecule has 0 amide bonds. The summed E-state index contributed by atoms with van der Waals surface area (Å²) in [5, 5.41) is 0. The Morgan fingerprint density at radius 1 is 1.41 bits per heavy atom. The van der Waals surface area contributed by atoms with Gasteiger partial charge < -0.3 is 10.5 Å². The van der Waals surface area contributed by atoms with Gasteiger partial charge in [-0.2, -0.15) is 0 Å². The molecule has 2 rings (SSSR count). The highest BCUT2D eigenvalue weighted by molar-refractivity contribution is 5.20. The molecule has 2 nitrogen and oxygen atoms in total. The molecule has 1 aromatic rings. The van der Waals surface area contributed by atoms with Crippen LogP contribution in [0.4, 0.5) is 8.78 Å². The fourth-order valence-corrected chi connectivity index (χ4v) is 2.24. The predicted molar refractivity (Wildman–Crippen MR) is 61.6 cm³/mol. The first kappa shape index (κ1) is 12.5. The van der Waals surface area contributed by atoms with Crippen LogP contribution in [0.3, 0.4) is 0 Å². The molecule has 0 aromatic heterocycles. The van der Waals surface area contributed by atoms with Crippen LogP contribution in [-0.2, 0) is 11.2 Å². The van der Waals surface area contributed by atoms with Gasteiger partial charge in [-0.15, -0.1) is 0 Å². The minimum atomic E-state index is -0.824. The molecule has 3 unspecified atom stereocenters. The molecule has 1 fully saturated rings. The van der Waals surface area contributed by atoms with E-state index in [1.165, 1.54) is 6.07 Å². The summed E-state index contributed by atoms with van der Waals surface area (Å²) >= 11 is 0. The van der Waals surface area contributed by atoms with Gasteiger partial charge in [0.1, 0.15) is 0 Å². The number of halogens is 2. The second kappa shape index (κ2) is 5.10. The summed E-state index contributed by atoms with van der Waals surface area (Å²) in [5.41, 5.74) is 6.30. The lowest BCUT2D eigenvalue weighted by Gasteiger charge is -2.19. The molecule has 1 aliphatic rings. The van der Waals surface area contributed by atoms with Gasteiger partial charge in [0.2, 0.25) is 0 Å². The van der Waals surface area contributed by atoms with E-state index in [1.54, 1.807) is 6.07 Å². The Labute approximate surface area is 99.8 Å². The van der Waals surface area contributed by atoms with Gasteiger partial charge >= 0.3 is 0 Å². The molecule has 0 aliphatic carbocycles. The van der Waals surface area contributed by atoms with Crippen molar-refractivity contribution in [3.63, 3.8) is 0 Å². The minimum Gasteiger partial charge on any atom is -0.374 e. The standard InChI is InChI=1S/C13H17F2NO/c1-8-5-6-12(17-8)11(16)7-9-3-2-4-10(14)13(9)15/h2-4,8,11-12H,5-7,16H2,1H3. The van der Waals surface area contributed by atoms with Crippen LogP contribution in [0.25, 0.3) is 0 Å². The maximum atomic E-state index is 13.5. The summed E-state index contributed by atoms with van der Waals surface area (Å²) in [6.07, 6.45) is 2.33. The van der Waals surface area contributed by atoms with Crippen LogP contribution < -0.4 is 5.73 Å². The first-order valence-electron chi connectivity index (χ1n) is 5.92. The van der Waals surface area contributed by atoms with Gasteiger partial charge in [-0.3, -0.25) is 0 Å². The normalized spacial score (nSPS) is 26.1. The topological polar surface area (TPSA) is 35.2 Å². The largest absolute Gasteiger partial charge is 0.374 e. The Morgan fingerprint density at radius 2 is 2.18 bits per heavy atom. The van der Waals surface area contributed by atoms with Crippen LogP contribution in [0.1, 0.15) is 25.3 Å². The summed E-state index contributed by atoms with van der Waals surface area (Å²) in [7, 11) is 0. The van der Waals surface area contributed by atoms with E-state index in [2.05, 4.69) is 0 Å². The molecular weight excluding hydrogens is 224 g/mol. The van der Waals surface area contributed by atoms with E-state index >= 15 is 0 Å². The van der Waals surface area contributed by atoms with Crippen molar-refractivity contribution in [2.24, 2.45) is 5.73 Å². The van der Waals surface area contributed by atoms with E-state index in [0.717, 1.165) is 18.9 Å². The van der Waals surface area contributed by atoms with E-state index in [1.807, 2.05) is 6.92 Å². The zero-order valence-corrected chi connectivity index (χ0v) is 9.83. The van der Waals surface area contributed by atoms with Crippen molar-refractivity contribution < 1.29 is 13.5 Å². The Balaban J connectivity index is 2.03. The van der Waals surface area contributed by atoms with Gasteiger partial charge in [0.25, 0.3) is 0 Å². The van der Waals surface area contributed by atoms with Crippen molar-refractivity contribution in [2.45, 2.75) is 44.4 Å². The molecule has 0 bridgehead atoms. The highest BCUT2D eigenvalue weighted by Crippen LogP contribution is 2.23. The molecule has 4 heteroatoms. The second-order valence-electron chi connectivity index (χ2n) is 4.64. The van der Waals surface area contributed by atoms with Gasteiger partial charge in [0.15, 0.2) is 11.6 Å². The number of hydrogen-bond acceptors (Lipinski definition) is 2. The van der Waals surface area contributed by atoms with E-state index < -0.39 is 11.6 Å². The first-order valence-corrected chi connectivity index (χ1v) is 5.92. The third kappa shape index (κ3) is 2.82. The van der Waals surface area contributed by atoms with Crippen LogP contribution in [0, 0.1) is 11.6 Å². The number of nitrogens with two attached hydrogens (primary N) is 1. The van der Waals surface area contributed by atoms with E-state index in [4.69, 9.17) is 10.5 Å². The maximum Gasteiger partial charge on any atom is 0.162 e. The number of benzene rings is 1. The minimum absolute atomic E-state index is 0.0485. The molecule has 0 saturated carbocycles. The van der Waals surface area contributed by atoms with Crippen molar-refractivity contribution in [3.05, 3.63) is 35.4 Å². The highest BCUT2D eigenvalue weighted by atomic mass is 19.2. The summed E-state index contributed by atoms with van der Waals surface area (Å²) in [4.78, 5) is 0. The van der Waals surface area contributed by atoms with Crippen molar-refractivity contribution in [1.29, 1.82) is 0 Å². The molecule has 1 aliphatic heterocycles. The third-order valence-electron chi connectivity index (χ3n) is 3.23. The Kier molecular flexibility index (Phi) is 3.74. The fourth-order valence-electron chi connectivity index (χ4n) is 2.24. The van der Waals surface area contributed by atoms with Crippen LogP contribution in [0.15, 0.2) is 18.2 Å². The molecule has 17 heavy (non-hydrogen) atoms. The Morgan fingerprint density at radius 3 is 2.82 bits per heavy atom. The monoisotopic (exact) mass is 241 g/mol. The summed E-state index contributed by atoms with van der Waals surface area (Å²) in [6.45, 7) is 2.00. The van der Waals surface area contributed by atoms with Crippen molar-refractivity contribution in [1.82, 2.24) is 0 Å². The lowest BCUT2D eigenvalue weighted by atomic mass is 9.99. The molecule has 3 atom stereocenters. The van der Waals surface area contributed by atoms with Crippen LogP contribution in [0.5, 0.6) is 0 Å². The lowest BCUT2D eigenvalue weighted by Crippen LogP contribution is -2.36. The number of rotatable bonds is 3. The van der Waals surface area contributed by atoms with E-state index in [9.17, 15) is 8.78 Å². The average molecular weight is 241 g/mol. The van der Waals surface area contributed by atoms with Crippen molar-refractivity contribution >= 4 is 0 Å². The summed E-state index contributed by atoms with van der Waals surface area (Å²) in [6, 6.07) is 3.89. The lowest BCUT2D eigenvalue weighted by molar-refractivity contribution is 0.0403. The van der Waals surface area contributed by atoms with Crippen LogP contribution in [0.2, 0.25) is 0 Å². The number of ether oxygens (including phenoxy) is 1. The van der Waals surface area contributed by atoms with Gasteiger partial charge in [0.05, 0.1) is 12.2 Å².